The number of anilines is 2. The number of amides is 2. The van der Waals surface area contributed by atoms with Gasteiger partial charge in [-0.05, 0) is 22.0 Å². The third kappa shape index (κ3) is 2.59. The molecule has 1 rings (SSSR count). The van der Waals surface area contributed by atoms with E-state index in [1.807, 2.05) is 0 Å². The predicted molar refractivity (Wildman–Crippen MR) is 54.4 cm³/mol. The van der Waals surface area contributed by atoms with Crippen LogP contribution in [0.2, 0.25) is 0 Å². The smallest absolute Gasteiger partial charge is 0.320 e. The van der Waals surface area contributed by atoms with Gasteiger partial charge in [-0.25, -0.2) is 9.78 Å². The van der Waals surface area contributed by atoms with Crippen molar-refractivity contribution in [1.29, 1.82) is 0 Å². The zero-order chi connectivity index (χ0) is 9.84. The lowest BCUT2D eigenvalue weighted by Gasteiger charge is -2.05. The first-order chi connectivity index (χ1) is 6.13. The minimum absolute atomic E-state index is 0.321. The van der Waals surface area contributed by atoms with Crippen LogP contribution in [0.25, 0.3) is 0 Å². The highest BCUT2D eigenvalue weighted by molar-refractivity contribution is 9.10. The van der Waals surface area contributed by atoms with Gasteiger partial charge in [0.15, 0.2) is 0 Å². The van der Waals surface area contributed by atoms with E-state index in [0.717, 1.165) is 0 Å². The molecule has 0 saturated heterocycles. The Morgan fingerprint density at radius 1 is 1.69 bits per heavy atom. The second-order valence-corrected chi connectivity index (χ2v) is 3.16. The molecule has 0 bridgehead atoms. The van der Waals surface area contributed by atoms with Crippen LogP contribution in [-0.2, 0) is 0 Å². The van der Waals surface area contributed by atoms with Crippen LogP contribution < -0.4 is 16.4 Å². The molecule has 0 unspecified atom stereocenters. The summed E-state index contributed by atoms with van der Waals surface area (Å²) in [5.74, 6) is 0.438. The Morgan fingerprint density at radius 2 is 2.38 bits per heavy atom. The number of carbonyl (C=O) groups is 1. The number of rotatable bonds is 1. The fourth-order valence-corrected chi connectivity index (χ4v) is 1.18. The van der Waals surface area contributed by atoms with Gasteiger partial charge in [0.1, 0.15) is 5.82 Å². The molecule has 0 spiro atoms. The molecule has 4 N–H and O–H groups in total. The van der Waals surface area contributed by atoms with Crippen molar-refractivity contribution in [3.05, 3.63) is 16.7 Å². The van der Waals surface area contributed by atoms with E-state index in [2.05, 4.69) is 31.5 Å². The predicted octanol–water partition coefficient (Wildman–Crippen LogP) is 1.18. The van der Waals surface area contributed by atoms with Gasteiger partial charge in [-0.1, -0.05) is 0 Å². The maximum absolute atomic E-state index is 10.9. The second kappa shape index (κ2) is 4.08. The van der Waals surface area contributed by atoms with Crippen LogP contribution in [0.1, 0.15) is 0 Å². The van der Waals surface area contributed by atoms with Gasteiger partial charge in [-0.15, -0.1) is 0 Å². The average molecular weight is 245 g/mol. The summed E-state index contributed by atoms with van der Waals surface area (Å²) in [5.41, 5.74) is 6.01. The van der Waals surface area contributed by atoms with E-state index >= 15 is 0 Å². The van der Waals surface area contributed by atoms with E-state index in [-0.39, 0.29) is 6.03 Å². The van der Waals surface area contributed by atoms with Crippen LogP contribution in [0.5, 0.6) is 0 Å². The molecule has 0 fully saturated rings. The molecule has 0 aliphatic heterocycles. The highest BCUT2D eigenvalue weighted by Gasteiger charge is 2.04. The first kappa shape index (κ1) is 9.79. The lowest BCUT2D eigenvalue weighted by Crippen LogP contribution is -2.25. The molecule has 0 atom stereocenters. The molecule has 1 aromatic rings. The Bertz CT molecular complexity index is 328. The van der Waals surface area contributed by atoms with E-state index in [1.165, 1.54) is 13.2 Å². The molecule has 0 saturated carbocycles. The number of nitrogens with two attached hydrogens (primary N) is 1. The molecule has 0 aliphatic carbocycles. The van der Waals surface area contributed by atoms with Crippen LogP contribution in [-0.4, -0.2) is 18.1 Å². The van der Waals surface area contributed by atoms with Crippen molar-refractivity contribution in [3.63, 3.8) is 0 Å². The number of aromatic nitrogens is 1. The van der Waals surface area contributed by atoms with Crippen molar-refractivity contribution in [1.82, 2.24) is 10.3 Å². The van der Waals surface area contributed by atoms with Crippen molar-refractivity contribution in [2.45, 2.75) is 0 Å². The average Bonchev–Trinajstić information content (AvgIpc) is 2.09. The Kier molecular flexibility index (Phi) is 3.07. The number of hydrogen-bond acceptors (Lipinski definition) is 3. The lowest BCUT2D eigenvalue weighted by molar-refractivity contribution is 0.254. The summed E-state index contributed by atoms with van der Waals surface area (Å²) in [6.45, 7) is 0. The fraction of sp³-hybridized carbons (Fsp3) is 0.143. The number of hydrogen-bond donors (Lipinski definition) is 3. The first-order valence-corrected chi connectivity index (χ1v) is 4.32. The van der Waals surface area contributed by atoms with E-state index in [4.69, 9.17) is 5.73 Å². The standard InChI is InChI=1S/C7H9BrN4O/c1-10-7(13)12-6-5(8)2-4(9)3-11-6/h2-3H,9H2,1H3,(H2,10,11,12,13). The third-order valence-corrected chi connectivity index (χ3v) is 1.93. The number of urea groups is 1. The normalized spacial score (nSPS) is 9.38. The van der Waals surface area contributed by atoms with Crippen LogP contribution in [0, 0.1) is 0 Å². The lowest BCUT2D eigenvalue weighted by atomic mass is 10.4. The number of halogens is 1. The number of nitrogens with zero attached hydrogens (tertiary/aromatic N) is 1. The van der Waals surface area contributed by atoms with Gasteiger partial charge < -0.3 is 11.1 Å². The van der Waals surface area contributed by atoms with Crippen molar-refractivity contribution in [2.75, 3.05) is 18.1 Å². The SMILES string of the molecule is CNC(=O)Nc1ncc(N)cc1Br. The maximum atomic E-state index is 10.9. The summed E-state index contributed by atoms with van der Waals surface area (Å²) < 4.78 is 0.649. The molecular formula is C7H9BrN4O. The van der Waals surface area contributed by atoms with Crippen molar-refractivity contribution in [2.24, 2.45) is 0 Å². The molecule has 6 heteroatoms. The molecule has 0 aromatic carbocycles. The summed E-state index contributed by atoms with van der Waals surface area (Å²) in [6.07, 6.45) is 1.47. The van der Waals surface area contributed by atoms with Crippen LogP contribution in [0.4, 0.5) is 16.3 Å². The molecule has 70 valence electrons. The van der Waals surface area contributed by atoms with Crippen LogP contribution in [0.15, 0.2) is 16.7 Å². The van der Waals surface area contributed by atoms with Gasteiger partial charge in [0, 0.05) is 7.05 Å². The molecule has 1 aromatic heterocycles. The molecule has 1 heterocycles. The van der Waals surface area contributed by atoms with Gasteiger partial charge in [-0.2, -0.15) is 0 Å². The molecule has 5 nitrogen and oxygen atoms in total. The Labute approximate surface area is 83.8 Å². The van der Waals surface area contributed by atoms with Crippen molar-refractivity contribution in [3.8, 4) is 0 Å². The van der Waals surface area contributed by atoms with E-state index < -0.39 is 0 Å². The van der Waals surface area contributed by atoms with Gasteiger partial charge in [0.25, 0.3) is 0 Å². The van der Waals surface area contributed by atoms with Crippen LogP contribution in [0.3, 0.4) is 0 Å². The molecule has 13 heavy (non-hydrogen) atoms. The largest absolute Gasteiger partial charge is 0.397 e. The van der Waals surface area contributed by atoms with E-state index in [9.17, 15) is 4.79 Å². The van der Waals surface area contributed by atoms with Gasteiger partial charge in [-0.3, -0.25) is 5.32 Å². The summed E-state index contributed by atoms with van der Waals surface area (Å²) in [4.78, 5) is 14.8. The number of nitrogen functional groups attached to an aromatic ring is 1. The minimum Gasteiger partial charge on any atom is -0.397 e. The number of carbonyl (C=O) groups excluding carboxylic acids is 1. The first-order valence-electron chi connectivity index (χ1n) is 3.53. The highest BCUT2D eigenvalue weighted by Crippen LogP contribution is 2.21. The summed E-state index contributed by atoms with van der Waals surface area (Å²) in [5, 5.41) is 4.94. The topological polar surface area (TPSA) is 80.0 Å². The van der Waals surface area contributed by atoms with Crippen LogP contribution >= 0.6 is 15.9 Å². The zero-order valence-electron chi connectivity index (χ0n) is 6.97. The molecule has 0 aliphatic rings. The molecule has 2 amide bonds. The summed E-state index contributed by atoms with van der Waals surface area (Å²) in [6, 6.07) is 1.34. The quantitative estimate of drug-likeness (QED) is 0.694. The number of nitrogens with one attached hydrogen (secondary N) is 2. The maximum Gasteiger partial charge on any atom is 0.320 e. The minimum atomic E-state index is -0.321. The summed E-state index contributed by atoms with van der Waals surface area (Å²) in [7, 11) is 1.53. The van der Waals surface area contributed by atoms with E-state index in [0.29, 0.717) is 16.0 Å². The van der Waals surface area contributed by atoms with E-state index in [1.54, 1.807) is 6.07 Å². The Hall–Kier alpha value is -1.30. The number of pyridine rings is 1. The second-order valence-electron chi connectivity index (χ2n) is 2.30. The van der Waals surface area contributed by atoms with Gasteiger partial charge in [0.2, 0.25) is 0 Å². The Balaban J connectivity index is 2.83. The summed E-state index contributed by atoms with van der Waals surface area (Å²) >= 11 is 3.22. The Morgan fingerprint density at radius 3 is 2.92 bits per heavy atom. The fourth-order valence-electron chi connectivity index (χ4n) is 0.715. The monoisotopic (exact) mass is 244 g/mol. The third-order valence-electron chi connectivity index (χ3n) is 1.32. The zero-order valence-corrected chi connectivity index (χ0v) is 8.55. The van der Waals surface area contributed by atoms with Gasteiger partial charge in [0.05, 0.1) is 16.4 Å². The van der Waals surface area contributed by atoms with Gasteiger partial charge >= 0.3 is 6.03 Å². The van der Waals surface area contributed by atoms with Crippen molar-refractivity contribution < 1.29 is 4.79 Å². The highest BCUT2D eigenvalue weighted by atomic mass is 79.9. The van der Waals surface area contributed by atoms with Crippen molar-refractivity contribution >= 4 is 33.5 Å². The molecule has 0 radical (unpaired) electrons. The molecular weight excluding hydrogens is 236 g/mol.